The van der Waals surface area contributed by atoms with Gasteiger partial charge in [-0.15, -0.1) is 0 Å². The Kier molecular flexibility index (Phi) is 4.32. The normalized spacial score (nSPS) is 33.6. The van der Waals surface area contributed by atoms with Crippen molar-refractivity contribution in [1.29, 1.82) is 0 Å². The fourth-order valence-electron chi connectivity index (χ4n) is 4.34. The van der Waals surface area contributed by atoms with Crippen LogP contribution in [-0.2, 0) is 4.79 Å². The van der Waals surface area contributed by atoms with E-state index in [9.17, 15) is 4.79 Å². The summed E-state index contributed by atoms with van der Waals surface area (Å²) < 4.78 is 0. The molecule has 3 fully saturated rings. The molecule has 3 aliphatic heterocycles. The molecule has 0 radical (unpaired) electrons. The zero-order chi connectivity index (χ0) is 14.0. The van der Waals surface area contributed by atoms with E-state index in [0.29, 0.717) is 11.9 Å². The molecule has 2 N–H and O–H groups in total. The standard InChI is InChI=1S/C16H29N3O/c1-2-16(6-8-17-9-7-16)15(20)18-13-5-11-19-10-3-4-14(19)12-13/h13-14,17H,2-12H2,1H3,(H,18,20). The first kappa shape index (κ1) is 14.3. The van der Waals surface area contributed by atoms with Crippen molar-refractivity contribution in [3.63, 3.8) is 0 Å². The number of hydrogen-bond acceptors (Lipinski definition) is 3. The average molecular weight is 279 g/mol. The van der Waals surface area contributed by atoms with Gasteiger partial charge in [-0.1, -0.05) is 6.92 Å². The number of piperidine rings is 2. The third-order valence-corrected chi connectivity index (χ3v) is 5.87. The molecule has 0 spiro atoms. The van der Waals surface area contributed by atoms with Gasteiger partial charge in [-0.05, 0) is 64.6 Å². The van der Waals surface area contributed by atoms with Crippen molar-refractivity contribution in [2.24, 2.45) is 5.41 Å². The van der Waals surface area contributed by atoms with E-state index in [2.05, 4.69) is 22.5 Å². The summed E-state index contributed by atoms with van der Waals surface area (Å²) in [5.74, 6) is 0.331. The topological polar surface area (TPSA) is 44.4 Å². The summed E-state index contributed by atoms with van der Waals surface area (Å²) >= 11 is 0. The van der Waals surface area contributed by atoms with E-state index in [1.807, 2.05) is 0 Å². The Hall–Kier alpha value is -0.610. The maximum Gasteiger partial charge on any atom is 0.226 e. The minimum Gasteiger partial charge on any atom is -0.353 e. The molecule has 3 rings (SSSR count). The minimum atomic E-state index is -0.0991. The van der Waals surface area contributed by atoms with Crippen LogP contribution in [0.25, 0.3) is 0 Å². The van der Waals surface area contributed by atoms with Gasteiger partial charge in [-0.25, -0.2) is 0 Å². The van der Waals surface area contributed by atoms with E-state index >= 15 is 0 Å². The van der Waals surface area contributed by atoms with Crippen LogP contribution in [0, 0.1) is 5.41 Å². The summed E-state index contributed by atoms with van der Waals surface area (Å²) in [7, 11) is 0. The second kappa shape index (κ2) is 6.02. The fraction of sp³-hybridized carbons (Fsp3) is 0.938. The number of fused-ring (bicyclic) bond motifs is 1. The number of amides is 1. The van der Waals surface area contributed by atoms with Gasteiger partial charge < -0.3 is 15.5 Å². The molecule has 0 aromatic rings. The van der Waals surface area contributed by atoms with Gasteiger partial charge in [0.25, 0.3) is 0 Å². The maximum absolute atomic E-state index is 12.8. The minimum absolute atomic E-state index is 0.0991. The zero-order valence-corrected chi connectivity index (χ0v) is 12.8. The molecule has 3 aliphatic rings. The Morgan fingerprint density at radius 3 is 2.85 bits per heavy atom. The second-order valence-electron chi connectivity index (χ2n) is 6.91. The molecule has 0 bridgehead atoms. The Morgan fingerprint density at radius 2 is 2.10 bits per heavy atom. The number of hydrogen-bond donors (Lipinski definition) is 2. The van der Waals surface area contributed by atoms with Crippen LogP contribution in [0.15, 0.2) is 0 Å². The fourth-order valence-corrected chi connectivity index (χ4v) is 4.34. The maximum atomic E-state index is 12.8. The van der Waals surface area contributed by atoms with Crippen molar-refractivity contribution < 1.29 is 4.79 Å². The van der Waals surface area contributed by atoms with Gasteiger partial charge in [0.05, 0.1) is 5.41 Å². The lowest BCUT2D eigenvalue weighted by molar-refractivity contribution is -0.134. The first-order chi connectivity index (χ1) is 9.73. The highest BCUT2D eigenvalue weighted by Gasteiger charge is 2.40. The lowest BCUT2D eigenvalue weighted by Gasteiger charge is -2.39. The van der Waals surface area contributed by atoms with Crippen molar-refractivity contribution in [2.45, 2.75) is 64.0 Å². The summed E-state index contributed by atoms with van der Waals surface area (Å²) in [5.41, 5.74) is -0.0991. The molecule has 114 valence electrons. The molecule has 1 amide bonds. The smallest absolute Gasteiger partial charge is 0.226 e. The molecule has 4 nitrogen and oxygen atoms in total. The van der Waals surface area contributed by atoms with E-state index in [0.717, 1.165) is 44.8 Å². The van der Waals surface area contributed by atoms with E-state index < -0.39 is 0 Å². The SMILES string of the molecule is CCC1(C(=O)NC2CCN3CCCC3C2)CCNCC1. The predicted octanol–water partition coefficient (Wildman–Crippen LogP) is 1.51. The number of nitrogens with zero attached hydrogens (tertiary/aromatic N) is 1. The van der Waals surface area contributed by atoms with Gasteiger partial charge in [-0.2, -0.15) is 0 Å². The molecule has 20 heavy (non-hydrogen) atoms. The highest BCUT2D eigenvalue weighted by molar-refractivity contribution is 5.83. The molecule has 0 saturated carbocycles. The van der Waals surface area contributed by atoms with Gasteiger partial charge in [0.15, 0.2) is 0 Å². The molecule has 0 aromatic heterocycles. The number of rotatable bonds is 3. The summed E-state index contributed by atoms with van der Waals surface area (Å²) in [6, 6.07) is 1.15. The second-order valence-corrected chi connectivity index (χ2v) is 6.91. The van der Waals surface area contributed by atoms with E-state index in [4.69, 9.17) is 0 Å². The van der Waals surface area contributed by atoms with Crippen LogP contribution in [-0.4, -0.2) is 49.1 Å². The number of carbonyl (C=O) groups is 1. The first-order valence-corrected chi connectivity index (χ1v) is 8.49. The lowest BCUT2D eigenvalue weighted by atomic mass is 9.75. The molecule has 0 aliphatic carbocycles. The Labute approximate surface area is 122 Å². The largest absolute Gasteiger partial charge is 0.353 e. The Morgan fingerprint density at radius 1 is 1.30 bits per heavy atom. The summed E-state index contributed by atoms with van der Waals surface area (Å²) in [5, 5.41) is 6.78. The molecule has 4 heteroatoms. The van der Waals surface area contributed by atoms with E-state index in [1.165, 1.54) is 32.4 Å². The van der Waals surface area contributed by atoms with Crippen LogP contribution in [0.3, 0.4) is 0 Å². The quantitative estimate of drug-likeness (QED) is 0.823. The van der Waals surface area contributed by atoms with Crippen molar-refractivity contribution in [3.05, 3.63) is 0 Å². The third-order valence-electron chi connectivity index (χ3n) is 5.87. The van der Waals surface area contributed by atoms with Gasteiger partial charge in [-0.3, -0.25) is 4.79 Å². The van der Waals surface area contributed by atoms with Gasteiger partial charge in [0.2, 0.25) is 5.91 Å². The van der Waals surface area contributed by atoms with Crippen LogP contribution < -0.4 is 10.6 Å². The van der Waals surface area contributed by atoms with E-state index in [-0.39, 0.29) is 5.41 Å². The van der Waals surface area contributed by atoms with Crippen molar-refractivity contribution in [1.82, 2.24) is 15.5 Å². The number of carbonyl (C=O) groups excluding carboxylic acids is 1. The Balaban J connectivity index is 1.57. The van der Waals surface area contributed by atoms with Crippen molar-refractivity contribution >= 4 is 5.91 Å². The molecule has 3 saturated heterocycles. The lowest BCUT2D eigenvalue weighted by Crippen LogP contribution is -2.53. The Bertz CT molecular complexity index is 352. The van der Waals surface area contributed by atoms with Crippen LogP contribution in [0.4, 0.5) is 0 Å². The van der Waals surface area contributed by atoms with Crippen LogP contribution in [0.2, 0.25) is 0 Å². The van der Waals surface area contributed by atoms with E-state index in [1.54, 1.807) is 0 Å². The van der Waals surface area contributed by atoms with Gasteiger partial charge in [0.1, 0.15) is 0 Å². The molecule has 2 unspecified atom stereocenters. The summed E-state index contributed by atoms with van der Waals surface area (Å²) in [6.45, 7) is 6.60. The van der Waals surface area contributed by atoms with Crippen LogP contribution in [0.5, 0.6) is 0 Å². The third kappa shape index (κ3) is 2.73. The van der Waals surface area contributed by atoms with Crippen LogP contribution in [0.1, 0.15) is 51.9 Å². The average Bonchev–Trinajstić information content (AvgIpc) is 2.95. The highest BCUT2D eigenvalue weighted by Crippen LogP contribution is 2.34. The molecule has 2 atom stereocenters. The monoisotopic (exact) mass is 279 g/mol. The molecule has 3 heterocycles. The summed E-state index contributed by atoms with van der Waals surface area (Å²) in [6.07, 6.45) is 7.95. The van der Waals surface area contributed by atoms with Gasteiger partial charge >= 0.3 is 0 Å². The molecular weight excluding hydrogens is 250 g/mol. The highest BCUT2D eigenvalue weighted by atomic mass is 16.2. The molecular formula is C16H29N3O. The molecule has 0 aromatic carbocycles. The van der Waals surface area contributed by atoms with Gasteiger partial charge in [0, 0.05) is 18.6 Å². The van der Waals surface area contributed by atoms with Crippen LogP contribution >= 0.6 is 0 Å². The summed E-state index contributed by atoms with van der Waals surface area (Å²) in [4.78, 5) is 15.4. The predicted molar refractivity (Wildman–Crippen MR) is 80.6 cm³/mol. The van der Waals surface area contributed by atoms with Crippen molar-refractivity contribution in [2.75, 3.05) is 26.2 Å². The zero-order valence-electron chi connectivity index (χ0n) is 12.8. The number of nitrogens with one attached hydrogen (secondary N) is 2. The first-order valence-electron chi connectivity index (χ1n) is 8.49. The van der Waals surface area contributed by atoms with Crippen molar-refractivity contribution in [3.8, 4) is 0 Å².